The highest BCUT2D eigenvalue weighted by Gasteiger charge is 2.13. The van der Waals surface area contributed by atoms with Gasteiger partial charge >= 0.3 is 5.69 Å². The second kappa shape index (κ2) is 6.18. The topological polar surface area (TPSA) is 110 Å². The van der Waals surface area contributed by atoms with Crippen LogP contribution in [0.2, 0.25) is 0 Å². The number of nitrogens with one attached hydrogen (secondary N) is 2. The van der Waals surface area contributed by atoms with Crippen molar-refractivity contribution < 1.29 is 9.31 Å². The third-order valence-corrected chi connectivity index (χ3v) is 3.08. The Hall–Kier alpha value is -3.36. The second-order valence-electron chi connectivity index (χ2n) is 4.62. The summed E-state index contributed by atoms with van der Waals surface area (Å²) in [5, 5.41) is 20.6. The van der Waals surface area contributed by atoms with Gasteiger partial charge in [-0.1, -0.05) is 0 Å². The Balaban J connectivity index is 1.73. The molecule has 0 aliphatic rings. The lowest BCUT2D eigenvalue weighted by Gasteiger charge is -2.03. The molecule has 23 heavy (non-hydrogen) atoms. The van der Waals surface area contributed by atoms with Gasteiger partial charge in [0.25, 0.3) is 0 Å². The largest absolute Gasteiger partial charge is 0.372 e. The molecule has 8 nitrogen and oxygen atoms in total. The minimum Gasteiger partial charge on any atom is -0.372 e. The smallest absolute Gasteiger partial charge is 0.310 e. The number of H-pyrrole nitrogens is 1. The van der Waals surface area contributed by atoms with Crippen LogP contribution in [0.5, 0.6) is 0 Å². The van der Waals surface area contributed by atoms with Gasteiger partial charge in [0, 0.05) is 11.8 Å². The number of benzene rings is 1. The van der Waals surface area contributed by atoms with Crippen LogP contribution in [-0.2, 0) is 6.54 Å². The summed E-state index contributed by atoms with van der Waals surface area (Å²) in [5.41, 5.74) is 0.888. The van der Waals surface area contributed by atoms with Crippen LogP contribution < -0.4 is 5.32 Å². The van der Waals surface area contributed by atoms with E-state index in [0.717, 1.165) is 0 Å². The van der Waals surface area contributed by atoms with E-state index in [9.17, 15) is 14.5 Å². The van der Waals surface area contributed by atoms with Gasteiger partial charge in [-0.05, 0) is 30.3 Å². The van der Waals surface area contributed by atoms with Gasteiger partial charge in [0.15, 0.2) is 5.82 Å². The molecular formula is C14H11FN6O2. The summed E-state index contributed by atoms with van der Waals surface area (Å²) in [6, 6.07) is 7.30. The molecule has 2 heterocycles. The van der Waals surface area contributed by atoms with E-state index in [1.807, 2.05) is 0 Å². The lowest BCUT2D eigenvalue weighted by molar-refractivity contribution is -0.384. The molecule has 2 aromatic heterocycles. The molecule has 0 saturated carbocycles. The molecule has 9 heteroatoms. The summed E-state index contributed by atoms with van der Waals surface area (Å²) in [4.78, 5) is 18.4. The number of aromatic amines is 1. The molecule has 0 aliphatic carbocycles. The summed E-state index contributed by atoms with van der Waals surface area (Å²) >= 11 is 0. The van der Waals surface area contributed by atoms with E-state index >= 15 is 0 Å². The van der Waals surface area contributed by atoms with Crippen LogP contribution in [0.3, 0.4) is 0 Å². The number of rotatable bonds is 5. The SMILES string of the molecule is O=[N+]([O-])c1cnccc1NCc1nc(-c2ccc(F)cc2)n[nH]1. The lowest BCUT2D eigenvalue weighted by Crippen LogP contribution is -2.04. The maximum Gasteiger partial charge on any atom is 0.310 e. The fourth-order valence-electron chi connectivity index (χ4n) is 1.96. The summed E-state index contributed by atoms with van der Waals surface area (Å²) in [5.74, 6) is 0.581. The van der Waals surface area contributed by atoms with Crippen LogP contribution >= 0.6 is 0 Å². The molecule has 0 spiro atoms. The molecule has 1 aromatic carbocycles. The molecule has 0 atom stereocenters. The Bertz CT molecular complexity index is 833. The molecule has 0 amide bonds. The number of halogens is 1. The Morgan fingerprint density at radius 1 is 1.26 bits per heavy atom. The van der Waals surface area contributed by atoms with Crippen LogP contribution in [0, 0.1) is 15.9 Å². The van der Waals surface area contributed by atoms with Crippen molar-refractivity contribution in [2.24, 2.45) is 0 Å². The highest BCUT2D eigenvalue weighted by molar-refractivity contribution is 5.59. The van der Waals surface area contributed by atoms with Gasteiger partial charge in [-0.15, -0.1) is 0 Å². The Morgan fingerprint density at radius 2 is 2.04 bits per heavy atom. The molecule has 0 fully saturated rings. The molecule has 0 aliphatic heterocycles. The van der Waals surface area contributed by atoms with Crippen molar-refractivity contribution in [3.8, 4) is 11.4 Å². The van der Waals surface area contributed by atoms with Crippen molar-refractivity contribution in [3.05, 3.63) is 64.5 Å². The van der Waals surface area contributed by atoms with Crippen molar-refractivity contribution >= 4 is 11.4 Å². The van der Waals surface area contributed by atoms with Crippen molar-refractivity contribution in [3.63, 3.8) is 0 Å². The van der Waals surface area contributed by atoms with E-state index in [2.05, 4.69) is 25.5 Å². The van der Waals surface area contributed by atoms with E-state index < -0.39 is 4.92 Å². The summed E-state index contributed by atoms with van der Waals surface area (Å²) in [6.45, 7) is 0.221. The van der Waals surface area contributed by atoms with Crippen molar-refractivity contribution in [2.45, 2.75) is 6.54 Å². The average Bonchev–Trinajstić information content (AvgIpc) is 3.03. The number of hydrogen-bond donors (Lipinski definition) is 2. The fraction of sp³-hybridized carbons (Fsp3) is 0.0714. The number of hydrogen-bond acceptors (Lipinski definition) is 6. The van der Waals surface area contributed by atoms with Crippen molar-refractivity contribution in [2.75, 3.05) is 5.32 Å². The minimum absolute atomic E-state index is 0.120. The van der Waals surface area contributed by atoms with Crippen LogP contribution in [-0.4, -0.2) is 25.1 Å². The van der Waals surface area contributed by atoms with Gasteiger partial charge in [-0.3, -0.25) is 20.2 Å². The van der Waals surface area contributed by atoms with Gasteiger partial charge in [0.1, 0.15) is 23.5 Å². The van der Waals surface area contributed by atoms with Gasteiger partial charge in [0.05, 0.1) is 11.5 Å². The Kier molecular flexibility index (Phi) is 3.91. The molecule has 0 unspecified atom stereocenters. The molecule has 3 rings (SSSR count). The Morgan fingerprint density at radius 3 is 2.78 bits per heavy atom. The summed E-state index contributed by atoms with van der Waals surface area (Å²) in [6.07, 6.45) is 2.63. The van der Waals surface area contributed by atoms with E-state index in [0.29, 0.717) is 22.9 Å². The number of nitrogens with zero attached hydrogens (tertiary/aromatic N) is 4. The zero-order valence-electron chi connectivity index (χ0n) is 11.7. The van der Waals surface area contributed by atoms with Gasteiger partial charge in [-0.25, -0.2) is 9.37 Å². The van der Waals surface area contributed by atoms with Crippen LogP contribution in [0.1, 0.15) is 5.82 Å². The first-order chi connectivity index (χ1) is 11.1. The van der Waals surface area contributed by atoms with Crippen LogP contribution in [0.4, 0.5) is 15.8 Å². The van der Waals surface area contributed by atoms with Gasteiger partial charge in [-0.2, -0.15) is 5.10 Å². The predicted octanol–water partition coefficient (Wildman–Crippen LogP) is 2.53. The lowest BCUT2D eigenvalue weighted by atomic mass is 10.2. The zero-order valence-corrected chi connectivity index (χ0v) is 11.7. The molecule has 3 aromatic rings. The first-order valence-electron chi connectivity index (χ1n) is 6.63. The normalized spacial score (nSPS) is 10.5. The van der Waals surface area contributed by atoms with Crippen LogP contribution in [0.15, 0.2) is 42.7 Å². The van der Waals surface area contributed by atoms with Crippen LogP contribution in [0.25, 0.3) is 11.4 Å². The van der Waals surface area contributed by atoms with Gasteiger partial charge in [0.2, 0.25) is 0 Å². The maximum atomic E-state index is 12.9. The minimum atomic E-state index is -0.514. The monoisotopic (exact) mass is 314 g/mol. The van der Waals surface area contributed by atoms with E-state index in [1.165, 1.54) is 30.6 Å². The third-order valence-electron chi connectivity index (χ3n) is 3.08. The molecular weight excluding hydrogens is 303 g/mol. The summed E-state index contributed by atoms with van der Waals surface area (Å²) < 4.78 is 12.9. The van der Waals surface area contributed by atoms with E-state index in [-0.39, 0.29) is 18.0 Å². The van der Waals surface area contributed by atoms with E-state index in [4.69, 9.17) is 0 Å². The first-order valence-corrected chi connectivity index (χ1v) is 6.63. The first kappa shape index (κ1) is 14.6. The number of nitro groups is 1. The standard InChI is InChI=1S/C14H11FN6O2/c15-10-3-1-9(2-4-10)14-18-13(19-20-14)8-17-11-5-6-16-7-12(11)21(22)23/h1-7H,8H2,(H,16,17)(H,18,19,20). The second-order valence-corrected chi connectivity index (χ2v) is 4.62. The Labute approximate surface area is 129 Å². The molecule has 116 valence electrons. The van der Waals surface area contributed by atoms with E-state index in [1.54, 1.807) is 12.1 Å². The zero-order chi connectivity index (χ0) is 16.2. The van der Waals surface area contributed by atoms with Crippen molar-refractivity contribution in [1.82, 2.24) is 20.2 Å². The number of aromatic nitrogens is 4. The predicted molar refractivity (Wildman–Crippen MR) is 80.0 cm³/mol. The fourth-order valence-corrected chi connectivity index (χ4v) is 1.96. The quantitative estimate of drug-likeness (QED) is 0.553. The van der Waals surface area contributed by atoms with Crippen molar-refractivity contribution in [1.29, 1.82) is 0 Å². The molecule has 2 N–H and O–H groups in total. The number of anilines is 1. The highest BCUT2D eigenvalue weighted by atomic mass is 19.1. The third kappa shape index (κ3) is 3.28. The molecule has 0 saturated heterocycles. The number of pyridine rings is 1. The highest BCUT2D eigenvalue weighted by Crippen LogP contribution is 2.22. The van der Waals surface area contributed by atoms with Gasteiger partial charge < -0.3 is 5.32 Å². The molecule has 0 radical (unpaired) electrons. The molecule has 0 bridgehead atoms. The summed E-state index contributed by atoms with van der Waals surface area (Å²) in [7, 11) is 0. The average molecular weight is 314 g/mol. The maximum absolute atomic E-state index is 12.9.